The second-order valence-electron chi connectivity index (χ2n) is 3.81. The fourth-order valence-corrected chi connectivity index (χ4v) is 1.25. The zero-order chi connectivity index (χ0) is 16.8. The minimum atomic E-state index is -0.802. The molecule has 2 N–H and O–H groups in total. The molecule has 0 aliphatic carbocycles. The summed E-state index contributed by atoms with van der Waals surface area (Å²) in [4.78, 5) is 23.7. The first-order valence-corrected chi connectivity index (χ1v) is 6.45. The van der Waals surface area contributed by atoms with E-state index in [1.54, 1.807) is 48.6 Å². The third-order valence-corrected chi connectivity index (χ3v) is 2.14. The van der Waals surface area contributed by atoms with Crippen LogP contribution < -0.4 is 10.6 Å². The summed E-state index contributed by atoms with van der Waals surface area (Å²) in [7, 11) is 0. The number of carbonyl (C=O) groups is 2. The summed E-state index contributed by atoms with van der Waals surface area (Å²) in [5.41, 5.74) is 0.844. The minimum Gasteiger partial charge on any atom is -0.318 e. The number of amides is 2. The SMILES string of the molecule is C=C/C=C\C(=C/C=C)NC(=O)C(=O)NC(/C=C\C=C)=C/C=C. The molecule has 0 spiro atoms. The molecule has 0 fully saturated rings. The molecule has 114 valence electrons. The van der Waals surface area contributed by atoms with E-state index in [-0.39, 0.29) is 0 Å². The number of rotatable bonds is 8. The Morgan fingerprint density at radius 2 is 1.00 bits per heavy atom. The van der Waals surface area contributed by atoms with Gasteiger partial charge >= 0.3 is 11.8 Å². The molecule has 0 aromatic rings. The Bertz CT molecular complexity index is 524. The average Bonchev–Trinajstić information content (AvgIpc) is 2.50. The van der Waals surface area contributed by atoms with Crippen molar-refractivity contribution in [1.29, 1.82) is 0 Å². The molecule has 0 saturated carbocycles. The Hall–Kier alpha value is -3.14. The molecule has 0 rings (SSSR count). The lowest BCUT2D eigenvalue weighted by Crippen LogP contribution is -2.38. The van der Waals surface area contributed by atoms with Crippen molar-refractivity contribution in [2.75, 3.05) is 0 Å². The fourth-order valence-electron chi connectivity index (χ4n) is 1.25. The molecule has 0 aromatic heterocycles. The molecule has 0 saturated heterocycles. The maximum atomic E-state index is 11.8. The topological polar surface area (TPSA) is 58.2 Å². The Balaban J connectivity index is 4.93. The lowest BCUT2D eigenvalue weighted by atomic mass is 10.3. The number of hydrogen-bond acceptors (Lipinski definition) is 2. The highest BCUT2D eigenvalue weighted by Crippen LogP contribution is 1.96. The predicted molar refractivity (Wildman–Crippen MR) is 91.5 cm³/mol. The summed E-state index contributed by atoms with van der Waals surface area (Å²) in [6.07, 6.45) is 15.7. The van der Waals surface area contributed by atoms with E-state index in [0.29, 0.717) is 11.4 Å². The van der Waals surface area contributed by atoms with Gasteiger partial charge in [-0.1, -0.05) is 62.8 Å². The van der Waals surface area contributed by atoms with E-state index in [2.05, 4.69) is 36.9 Å². The van der Waals surface area contributed by atoms with Gasteiger partial charge in [0.15, 0.2) is 0 Å². The molecule has 0 aliphatic rings. The molecule has 0 atom stereocenters. The molecule has 0 bridgehead atoms. The van der Waals surface area contributed by atoms with Gasteiger partial charge in [0.2, 0.25) is 0 Å². The molecule has 0 aliphatic heterocycles. The maximum Gasteiger partial charge on any atom is 0.314 e. The predicted octanol–water partition coefficient (Wildman–Crippen LogP) is 2.84. The summed E-state index contributed by atoms with van der Waals surface area (Å²) < 4.78 is 0. The minimum absolute atomic E-state index is 0.422. The molecule has 4 nitrogen and oxygen atoms in total. The third-order valence-electron chi connectivity index (χ3n) is 2.14. The molecule has 0 heterocycles. The van der Waals surface area contributed by atoms with Gasteiger partial charge in [0, 0.05) is 11.4 Å². The summed E-state index contributed by atoms with van der Waals surface area (Å²) >= 11 is 0. The molecule has 0 radical (unpaired) electrons. The van der Waals surface area contributed by atoms with Crippen LogP contribution in [0.2, 0.25) is 0 Å². The van der Waals surface area contributed by atoms with Crippen LogP contribution in [0.4, 0.5) is 0 Å². The van der Waals surface area contributed by atoms with Crippen molar-refractivity contribution < 1.29 is 9.59 Å². The van der Waals surface area contributed by atoms with E-state index >= 15 is 0 Å². The molecule has 0 aromatic carbocycles. The monoisotopic (exact) mass is 296 g/mol. The second kappa shape index (κ2) is 11.7. The zero-order valence-corrected chi connectivity index (χ0v) is 12.4. The smallest absolute Gasteiger partial charge is 0.314 e. The van der Waals surface area contributed by atoms with Gasteiger partial charge in [-0.25, -0.2) is 0 Å². The first-order valence-electron chi connectivity index (χ1n) is 6.45. The van der Waals surface area contributed by atoms with E-state index in [1.165, 1.54) is 12.2 Å². The second-order valence-corrected chi connectivity index (χ2v) is 3.81. The van der Waals surface area contributed by atoms with E-state index in [0.717, 1.165) is 0 Å². The Morgan fingerprint density at radius 1 is 0.636 bits per heavy atom. The van der Waals surface area contributed by atoms with Gasteiger partial charge < -0.3 is 10.6 Å². The normalized spacial score (nSPS) is 12.0. The standard InChI is InChI=1S/C18H20N2O2/c1-5-9-13-15(11-7-3)19-17(21)18(22)20-16(12-8-4)14-10-6-2/h5-14H,1-4H2,(H,19,21)(H,20,22)/b13-9-,14-10-,15-11+,16-12+. The van der Waals surface area contributed by atoms with Gasteiger partial charge in [-0.3, -0.25) is 9.59 Å². The molecule has 4 heteroatoms. The summed E-state index contributed by atoms with van der Waals surface area (Å²) in [6, 6.07) is 0. The van der Waals surface area contributed by atoms with Gasteiger partial charge in [-0.05, 0) is 24.3 Å². The van der Waals surface area contributed by atoms with Gasteiger partial charge in [-0.2, -0.15) is 0 Å². The molecule has 0 unspecified atom stereocenters. The first-order chi connectivity index (χ1) is 10.6. The van der Waals surface area contributed by atoms with E-state index < -0.39 is 11.8 Å². The molecule has 2 amide bonds. The van der Waals surface area contributed by atoms with Crippen molar-refractivity contribution in [2.45, 2.75) is 0 Å². The summed E-state index contributed by atoms with van der Waals surface area (Å²) in [5, 5.41) is 4.93. The van der Waals surface area contributed by atoms with Crippen LogP contribution in [0, 0.1) is 0 Å². The van der Waals surface area contributed by atoms with Crippen LogP contribution in [0.25, 0.3) is 0 Å². The lowest BCUT2D eigenvalue weighted by molar-refractivity contribution is -0.138. The highest BCUT2D eigenvalue weighted by Gasteiger charge is 2.14. The molecule has 22 heavy (non-hydrogen) atoms. The van der Waals surface area contributed by atoms with Crippen molar-refractivity contribution in [1.82, 2.24) is 10.6 Å². The van der Waals surface area contributed by atoms with Gasteiger partial charge in [0.05, 0.1) is 0 Å². The third kappa shape index (κ3) is 8.12. The van der Waals surface area contributed by atoms with Crippen molar-refractivity contribution in [3.63, 3.8) is 0 Å². The highest BCUT2D eigenvalue weighted by atomic mass is 16.2. The van der Waals surface area contributed by atoms with Crippen LogP contribution in [0.15, 0.2) is 98.5 Å². The quantitative estimate of drug-likeness (QED) is 0.534. The van der Waals surface area contributed by atoms with E-state index in [9.17, 15) is 9.59 Å². The van der Waals surface area contributed by atoms with Crippen LogP contribution in [0.3, 0.4) is 0 Å². The number of nitrogens with one attached hydrogen (secondary N) is 2. The van der Waals surface area contributed by atoms with Crippen molar-refractivity contribution in [3.8, 4) is 0 Å². The Kier molecular flexibility index (Phi) is 10.0. The van der Waals surface area contributed by atoms with Crippen LogP contribution in [0.1, 0.15) is 0 Å². The largest absolute Gasteiger partial charge is 0.318 e. The maximum absolute atomic E-state index is 11.8. The average molecular weight is 296 g/mol. The van der Waals surface area contributed by atoms with Crippen LogP contribution in [-0.2, 0) is 9.59 Å². The van der Waals surface area contributed by atoms with Crippen LogP contribution in [-0.4, -0.2) is 11.8 Å². The van der Waals surface area contributed by atoms with Gasteiger partial charge in [0.25, 0.3) is 0 Å². The van der Waals surface area contributed by atoms with Gasteiger partial charge in [0.1, 0.15) is 0 Å². The summed E-state index contributed by atoms with van der Waals surface area (Å²) in [5.74, 6) is -1.60. The van der Waals surface area contributed by atoms with E-state index in [1.807, 2.05) is 0 Å². The highest BCUT2D eigenvalue weighted by molar-refractivity contribution is 6.36. The van der Waals surface area contributed by atoms with Crippen molar-refractivity contribution in [2.24, 2.45) is 0 Å². The Morgan fingerprint density at radius 3 is 1.27 bits per heavy atom. The van der Waals surface area contributed by atoms with Crippen LogP contribution >= 0.6 is 0 Å². The summed E-state index contributed by atoms with van der Waals surface area (Å²) in [6.45, 7) is 14.1. The Labute approximate surface area is 131 Å². The van der Waals surface area contributed by atoms with E-state index in [4.69, 9.17) is 0 Å². The fraction of sp³-hybridized carbons (Fsp3) is 0. The number of hydrogen-bond donors (Lipinski definition) is 2. The van der Waals surface area contributed by atoms with Crippen molar-refractivity contribution in [3.05, 3.63) is 98.5 Å². The zero-order valence-electron chi connectivity index (χ0n) is 12.4. The van der Waals surface area contributed by atoms with Crippen molar-refractivity contribution >= 4 is 11.8 Å². The van der Waals surface area contributed by atoms with Crippen LogP contribution in [0.5, 0.6) is 0 Å². The molecular formula is C18H20N2O2. The lowest BCUT2D eigenvalue weighted by Gasteiger charge is -2.07. The van der Waals surface area contributed by atoms with Gasteiger partial charge in [-0.15, -0.1) is 0 Å². The number of allylic oxidation sites excluding steroid dienone is 10. The molecular weight excluding hydrogens is 276 g/mol. The first kappa shape index (κ1) is 18.9. The number of carbonyl (C=O) groups excluding carboxylic acids is 2.